The lowest BCUT2D eigenvalue weighted by Crippen LogP contribution is -2.52. The Morgan fingerprint density at radius 1 is 1.22 bits per heavy atom. The maximum atomic E-state index is 13.1. The number of carbonyl (C=O) groups excluding carboxylic acids is 3. The summed E-state index contributed by atoms with van der Waals surface area (Å²) >= 11 is 0. The molecule has 27 heavy (non-hydrogen) atoms. The predicted octanol–water partition coefficient (Wildman–Crippen LogP) is 0.761. The van der Waals surface area contributed by atoms with Crippen LogP contribution in [-0.2, 0) is 22.7 Å². The molecule has 4 rings (SSSR count). The van der Waals surface area contributed by atoms with Gasteiger partial charge in [-0.25, -0.2) is 0 Å². The Morgan fingerprint density at radius 3 is 2.67 bits per heavy atom. The second-order valence-corrected chi connectivity index (χ2v) is 8.28. The summed E-state index contributed by atoms with van der Waals surface area (Å²) in [7, 11) is 0. The lowest BCUT2D eigenvalue weighted by Gasteiger charge is -2.37. The third-order valence-electron chi connectivity index (χ3n) is 6.03. The van der Waals surface area contributed by atoms with Crippen LogP contribution >= 0.6 is 0 Å². The summed E-state index contributed by atoms with van der Waals surface area (Å²) in [6, 6.07) is 5.37. The fourth-order valence-corrected chi connectivity index (χ4v) is 4.28. The minimum atomic E-state index is -0.566. The number of piperidine rings is 2. The van der Waals surface area contributed by atoms with Crippen LogP contribution in [0.2, 0.25) is 0 Å². The van der Waals surface area contributed by atoms with Gasteiger partial charge in [0.2, 0.25) is 11.8 Å². The first-order chi connectivity index (χ1) is 12.8. The van der Waals surface area contributed by atoms with Crippen molar-refractivity contribution in [2.24, 2.45) is 5.73 Å². The molecule has 0 aromatic heterocycles. The van der Waals surface area contributed by atoms with Gasteiger partial charge in [0.25, 0.3) is 5.91 Å². The van der Waals surface area contributed by atoms with Crippen molar-refractivity contribution in [1.29, 1.82) is 0 Å². The predicted molar refractivity (Wildman–Crippen MR) is 99.6 cm³/mol. The maximum Gasteiger partial charge on any atom is 0.255 e. The first-order valence-corrected chi connectivity index (χ1v) is 9.61. The van der Waals surface area contributed by atoms with Crippen LogP contribution in [0, 0.1) is 0 Å². The number of nitrogens with one attached hydrogen (secondary N) is 1. The molecule has 0 radical (unpaired) electrons. The van der Waals surface area contributed by atoms with Crippen molar-refractivity contribution < 1.29 is 14.4 Å². The molecule has 2 saturated heterocycles. The molecule has 3 heterocycles. The molecule has 2 fully saturated rings. The molecule has 0 spiro atoms. The standard InChI is InChI=1S/C20H26N4O3/c1-20(21)7-9-23(10-8-20)11-13-3-2-4-14-12-24(19(27)17(13)14)15-5-6-16(25)22-18(15)26/h2-4,15H,5-12,21H2,1H3,(H,22,25,26). The van der Waals surface area contributed by atoms with Gasteiger partial charge in [-0.3, -0.25) is 24.6 Å². The van der Waals surface area contributed by atoms with E-state index in [2.05, 4.69) is 17.1 Å². The minimum absolute atomic E-state index is 0.101. The topological polar surface area (TPSA) is 95.7 Å². The number of rotatable bonds is 3. The van der Waals surface area contributed by atoms with Crippen LogP contribution in [-0.4, -0.2) is 52.2 Å². The van der Waals surface area contributed by atoms with Gasteiger partial charge in [-0.05, 0) is 37.3 Å². The van der Waals surface area contributed by atoms with Gasteiger partial charge in [-0.2, -0.15) is 0 Å². The van der Waals surface area contributed by atoms with E-state index < -0.39 is 6.04 Å². The summed E-state index contributed by atoms with van der Waals surface area (Å²) < 4.78 is 0. The Morgan fingerprint density at radius 2 is 1.96 bits per heavy atom. The van der Waals surface area contributed by atoms with Crippen molar-refractivity contribution >= 4 is 17.7 Å². The number of nitrogens with two attached hydrogens (primary N) is 1. The fraction of sp³-hybridized carbons (Fsp3) is 0.550. The SMILES string of the molecule is CC1(N)CCN(Cc2cccc3c2C(=O)N(C2CCC(=O)NC2=O)C3)CC1. The van der Waals surface area contributed by atoms with E-state index in [4.69, 9.17) is 5.73 Å². The van der Waals surface area contributed by atoms with Crippen LogP contribution in [0.1, 0.15) is 54.1 Å². The van der Waals surface area contributed by atoms with Crippen LogP contribution in [0.4, 0.5) is 0 Å². The molecule has 3 aliphatic heterocycles. The number of hydrogen-bond acceptors (Lipinski definition) is 5. The van der Waals surface area contributed by atoms with E-state index in [1.807, 2.05) is 18.2 Å². The Bertz CT molecular complexity index is 794. The van der Waals surface area contributed by atoms with Crippen molar-refractivity contribution in [2.75, 3.05) is 13.1 Å². The number of likely N-dealkylation sites (tertiary alicyclic amines) is 1. The molecule has 7 heteroatoms. The third kappa shape index (κ3) is 3.49. The van der Waals surface area contributed by atoms with Crippen molar-refractivity contribution in [3.63, 3.8) is 0 Å². The molecule has 3 aliphatic rings. The number of hydrogen-bond donors (Lipinski definition) is 2. The summed E-state index contributed by atoms with van der Waals surface area (Å²) in [5.41, 5.74) is 8.81. The lowest BCUT2D eigenvalue weighted by atomic mass is 9.90. The zero-order valence-electron chi connectivity index (χ0n) is 15.7. The van der Waals surface area contributed by atoms with Crippen molar-refractivity contribution in [1.82, 2.24) is 15.1 Å². The van der Waals surface area contributed by atoms with Crippen molar-refractivity contribution in [3.8, 4) is 0 Å². The van der Waals surface area contributed by atoms with Crippen molar-refractivity contribution in [2.45, 2.75) is 57.3 Å². The van der Waals surface area contributed by atoms with Crippen LogP contribution < -0.4 is 11.1 Å². The average molecular weight is 370 g/mol. The Kier molecular flexibility index (Phi) is 4.52. The normalized spacial score (nSPS) is 25.5. The molecule has 144 valence electrons. The Hall–Kier alpha value is -2.25. The highest BCUT2D eigenvalue weighted by Crippen LogP contribution is 2.31. The zero-order valence-corrected chi connectivity index (χ0v) is 15.7. The number of nitrogens with zero attached hydrogens (tertiary/aromatic N) is 2. The van der Waals surface area contributed by atoms with E-state index in [-0.39, 0.29) is 29.7 Å². The molecular formula is C20H26N4O3. The molecular weight excluding hydrogens is 344 g/mol. The third-order valence-corrected chi connectivity index (χ3v) is 6.03. The van der Waals surface area contributed by atoms with Crippen LogP contribution in [0.3, 0.4) is 0 Å². The van der Waals surface area contributed by atoms with Crippen LogP contribution in [0.25, 0.3) is 0 Å². The largest absolute Gasteiger partial charge is 0.325 e. The molecule has 1 unspecified atom stereocenters. The number of benzene rings is 1. The van der Waals surface area contributed by atoms with Gasteiger partial charge >= 0.3 is 0 Å². The van der Waals surface area contributed by atoms with E-state index in [1.165, 1.54) is 0 Å². The van der Waals surface area contributed by atoms with Gasteiger partial charge in [0.15, 0.2) is 0 Å². The number of carbonyl (C=O) groups is 3. The summed E-state index contributed by atoms with van der Waals surface area (Å²) in [4.78, 5) is 40.7. The molecule has 1 aromatic rings. The smallest absolute Gasteiger partial charge is 0.255 e. The number of fused-ring (bicyclic) bond motifs is 1. The molecule has 1 atom stereocenters. The quantitative estimate of drug-likeness (QED) is 0.766. The monoisotopic (exact) mass is 370 g/mol. The summed E-state index contributed by atoms with van der Waals surface area (Å²) in [5.74, 6) is -0.735. The van der Waals surface area contributed by atoms with Crippen LogP contribution in [0.15, 0.2) is 18.2 Å². The Labute approximate surface area is 158 Å². The van der Waals surface area contributed by atoms with E-state index in [0.717, 1.165) is 42.6 Å². The van der Waals surface area contributed by atoms with E-state index in [0.29, 0.717) is 19.5 Å². The first-order valence-electron chi connectivity index (χ1n) is 9.61. The minimum Gasteiger partial charge on any atom is -0.325 e. The molecule has 0 saturated carbocycles. The molecule has 1 aromatic carbocycles. The molecule has 3 amide bonds. The molecule has 0 aliphatic carbocycles. The number of amides is 3. The Balaban J connectivity index is 1.52. The van der Waals surface area contributed by atoms with Gasteiger partial charge in [-0.1, -0.05) is 18.2 Å². The summed E-state index contributed by atoms with van der Waals surface area (Å²) in [6.07, 6.45) is 2.55. The van der Waals surface area contributed by atoms with Crippen LogP contribution in [0.5, 0.6) is 0 Å². The highest BCUT2D eigenvalue weighted by atomic mass is 16.2. The van der Waals surface area contributed by atoms with Gasteiger partial charge in [0.05, 0.1) is 0 Å². The highest BCUT2D eigenvalue weighted by molar-refractivity contribution is 6.05. The van der Waals surface area contributed by atoms with Gasteiger partial charge in [0, 0.05) is 43.7 Å². The highest BCUT2D eigenvalue weighted by Gasteiger charge is 2.40. The van der Waals surface area contributed by atoms with Gasteiger partial charge in [-0.15, -0.1) is 0 Å². The van der Waals surface area contributed by atoms with Gasteiger partial charge in [0.1, 0.15) is 6.04 Å². The molecule has 3 N–H and O–H groups in total. The lowest BCUT2D eigenvalue weighted by molar-refractivity contribution is -0.136. The maximum absolute atomic E-state index is 13.1. The second kappa shape index (κ2) is 6.73. The van der Waals surface area contributed by atoms with E-state index in [1.54, 1.807) is 4.90 Å². The summed E-state index contributed by atoms with van der Waals surface area (Å²) in [6.45, 7) is 5.07. The fourth-order valence-electron chi connectivity index (χ4n) is 4.28. The second-order valence-electron chi connectivity index (χ2n) is 8.28. The molecule has 7 nitrogen and oxygen atoms in total. The number of imide groups is 1. The zero-order chi connectivity index (χ0) is 19.2. The van der Waals surface area contributed by atoms with E-state index >= 15 is 0 Å². The first kappa shape index (κ1) is 18.1. The van der Waals surface area contributed by atoms with E-state index in [9.17, 15) is 14.4 Å². The summed E-state index contributed by atoms with van der Waals surface area (Å²) in [5, 5.41) is 2.35. The van der Waals surface area contributed by atoms with Gasteiger partial charge < -0.3 is 10.6 Å². The van der Waals surface area contributed by atoms with Crippen molar-refractivity contribution in [3.05, 3.63) is 34.9 Å². The average Bonchev–Trinajstić information content (AvgIpc) is 2.94. The molecule has 0 bridgehead atoms.